The molecule has 0 radical (unpaired) electrons. The minimum atomic E-state index is -0.264. The van der Waals surface area contributed by atoms with E-state index in [-0.39, 0.29) is 17.5 Å². The SMILES string of the molecule is O=C(c1cc[nH]c(=O)c1)N1CCCC1c1cccc(Cl)c1. The predicted octanol–water partition coefficient (Wildman–Crippen LogP) is 3.01. The molecule has 1 aromatic heterocycles. The van der Waals surface area contributed by atoms with Crippen LogP contribution in [0.3, 0.4) is 0 Å². The number of halogens is 1. The van der Waals surface area contributed by atoms with Crippen molar-refractivity contribution in [3.63, 3.8) is 0 Å². The number of carbonyl (C=O) groups is 1. The number of pyridine rings is 1. The van der Waals surface area contributed by atoms with Gasteiger partial charge in [-0.2, -0.15) is 0 Å². The first-order valence-corrected chi connectivity index (χ1v) is 7.28. The van der Waals surface area contributed by atoms with E-state index >= 15 is 0 Å². The van der Waals surface area contributed by atoms with Gasteiger partial charge in [0.1, 0.15) is 0 Å². The van der Waals surface area contributed by atoms with Gasteiger partial charge in [-0.25, -0.2) is 0 Å². The van der Waals surface area contributed by atoms with Crippen LogP contribution < -0.4 is 5.56 Å². The normalized spacial score (nSPS) is 18.0. The Labute approximate surface area is 127 Å². The summed E-state index contributed by atoms with van der Waals surface area (Å²) < 4.78 is 0. The van der Waals surface area contributed by atoms with E-state index in [0.29, 0.717) is 17.1 Å². The van der Waals surface area contributed by atoms with Crippen LogP contribution >= 0.6 is 11.6 Å². The Hall–Kier alpha value is -2.07. The van der Waals surface area contributed by atoms with Gasteiger partial charge in [-0.05, 0) is 36.6 Å². The van der Waals surface area contributed by atoms with Crippen molar-refractivity contribution in [2.45, 2.75) is 18.9 Å². The lowest BCUT2D eigenvalue weighted by Crippen LogP contribution is -2.31. The average Bonchev–Trinajstić information content (AvgIpc) is 2.96. The third-order valence-electron chi connectivity index (χ3n) is 3.77. The van der Waals surface area contributed by atoms with Gasteiger partial charge in [0.2, 0.25) is 5.56 Å². The maximum Gasteiger partial charge on any atom is 0.254 e. The zero-order valence-electron chi connectivity index (χ0n) is 11.4. The van der Waals surface area contributed by atoms with Crippen LogP contribution in [0.4, 0.5) is 0 Å². The second-order valence-electron chi connectivity index (χ2n) is 5.15. The lowest BCUT2D eigenvalue weighted by atomic mass is 10.0. The standard InChI is InChI=1S/C16H15ClN2O2/c17-13-4-1-3-11(9-13)14-5-2-8-19(14)16(21)12-6-7-18-15(20)10-12/h1,3-4,6-7,9-10,14H,2,5,8H2,(H,18,20). The van der Waals surface area contributed by atoms with Crippen LogP contribution in [0.2, 0.25) is 5.02 Å². The van der Waals surface area contributed by atoms with Crippen molar-refractivity contribution in [1.82, 2.24) is 9.88 Å². The molecule has 1 aliphatic rings. The molecule has 2 aromatic rings. The van der Waals surface area contributed by atoms with Crippen molar-refractivity contribution in [2.24, 2.45) is 0 Å². The number of likely N-dealkylation sites (tertiary alicyclic amines) is 1. The number of nitrogens with zero attached hydrogens (tertiary/aromatic N) is 1. The highest BCUT2D eigenvalue weighted by molar-refractivity contribution is 6.30. The lowest BCUT2D eigenvalue weighted by molar-refractivity contribution is 0.0735. The van der Waals surface area contributed by atoms with Gasteiger partial charge in [-0.15, -0.1) is 0 Å². The molecule has 3 rings (SSSR count). The van der Waals surface area contributed by atoms with Crippen LogP contribution in [0, 0.1) is 0 Å². The molecule has 4 nitrogen and oxygen atoms in total. The fraction of sp³-hybridized carbons (Fsp3) is 0.250. The minimum Gasteiger partial charge on any atom is -0.332 e. The fourth-order valence-electron chi connectivity index (χ4n) is 2.81. The first kappa shape index (κ1) is 13.9. The minimum absolute atomic E-state index is 0.0236. The molecule has 108 valence electrons. The van der Waals surface area contributed by atoms with Crippen LogP contribution in [0.1, 0.15) is 34.8 Å². The number of hydrogen-bond donors (Lipinski definition) is 1. The van der Waals surface area contributed by atoms with Crippen LogP contribution in [-0.2, 0) is 0 Å². The summed E-state index contributed by atoms with van der Waals surface area (Å²) in [5.41, 5.74) is 1.20. The molecule has 1 aliphatic heterocycles. The van der Waals surface area contributed by atoms with Gasteiger partial charge in [0.05, 0.1) is 6.04 Å². The number of aromatic nitrogens is 1. The number of hydrogen-bond acceptors (Lipinski definition) is 2. The Morgan fingerprint density at radius 1 is 1.29 bits per heavy atom. The summed E-state index contributed by atoms with van der Waals surface area (Å²) in [5.74, 6) is -0.108. The summed E-state index contributed by atoms with van der Waals surface area (Å²) in [6.45, 7) is 0.697. The van der Waals surface area contributed by atoms with Gasteiger partial charge in [0.15, 0.2) is 0 Å². The van der Waals surface area contributed by atoms with Gasteiger partial charge >= 0.3 is 0 Å². The molecule has 1 N–H and O–H groups in total. The molecule has 0 saturated carbocycles. The maximum absolute atomic E-state index is 12.6. The van der Waals surface area contributed by atoms with E-state index in [1.165, 1.54) is 12.3 Å². The molecule has 5 heteroatoms. The zero-order chi connectivity index (χ0) is 14.8. The van der Waals surface area contributed by atoms with Crippen LogP contribution in [0.5, 0.6) is 0 Å². The first-order valence-electron chi connectivity index (χ1n) is 6.90. The van der Waals surface area contributed by atoms with Crippen molar-refractivity contribution in [3.8, 4) is 0 Å². The summed E-state index contributed by atoms with van der Waals surface area (Å²) in [4.78, 5) is 28.3. The van der Waals surface area contributed by atoms with Crippen molar-refractivity contribution >= 4 is 17.5 Å². The molecule has 21 heavy (non-hydrogen) atoms. The topological polar surface area (TPSA) is 53.2 Å². The van der Waals surface area contributed by atoms with Gasteiger partial charge in [-0.1, -0.05) is 23.7 Å². The summed E-state index contributed by atoms with van der Waals surface area (Å²) in [6, 6.07) is 10.6. The Bertz CT molecular complexity index is 726. The second kappa shape index (κ2) is 5.74. The highest BCUT2D eigenvalue weighted by Crippen LogP contribution is 2.33. The molecule has 2 heterocycles. The Kier molecular flexibility index (Phi) is 3.80. The van der Waals surface area contributed by atoms with E-state index in [1.54, 1.807) is 6.07 Å². The van der Waals surface area contributed by atoms with Crippen LogP contribution in [-0.4, -0.2) is 22.3 Å². The van der Waals surface area contributed by atoms with Crippen LogP contribution in [0.25, 0.3) is 0 Å². The van der Waals surface area contributed by atoms with Gasteiger partial charge in [0, 0.05) is 29.4 Å². The number of benzene rings is 1. The summed E-state index contributed by atoms with van der Waals surface area (Å²) >= 11 is 6.04. The highest BCUT2D eigenvalue weighted by Gasteiger charge is 2.30. The molecule has 1 unspecified atom stereocenters. The van der Waals surface area contributed by atoms with E-state index in [1.807, 2.05) is 29.2 Å². The number of rotatable bonds is 2. The summed E-state index contributed by atoms with van der Waals surface area (Å²) in [7, 11) is 0. The molecule has 0 aliphatic carbocycles. The zero-order valence-corrected chi connectivity index (χ0v) is 12.1. The maximum atomic E-state index is 12.6. The molecule has 1 aromatic carbocycles. The van der Waals surface area contributed by atoms with Crippen LogP contribution in [0.15, 0.2) is 47.4 Å². The van der Waals surface area contributed by atoms with Crippen molar-refractivity contribution < 1.29 is 4.79 Å². The highest BCUT2D eigenvalue weighted by atomic mass is 35.5. The molecule has 1 fully saturated rings. The number of carbonyl (C=O) groups excluding carboxylic acids is 1. The van der Waals surface area contributed by atoms with E-state index in [0.717, 1.165) is 18.4 Å². The number of H-pyrrole nitrogens is 1. The van der Waals surface area contributed by atoms with Crippen molar-refractivity contribution in [3.05, 3.63) is 69.1 Å². The monoisotopic (exact) mass is 302 g/mol. The molecule has 1 amide bonds. The van der Waals surface area contributed by atoms with Crippen molar-refractivity contribution in [1.29, 1.82) is 0 Å². The number of aromatic amines is 1. The number of nitrogens with one attached hydrogen (secondary N) is 1. The Morgan fingerprint density at radius 3 is 2.90 bits per heavy atom. The molecule has 0 bridgehead atoms. The molecule has 1 atom stereocenters. The Balaban J connectivity index is 1.90. The van der Waals surface area contributed by atoms with Gasteiger partial charge in [-0.3, -0.25) is 9.59 Å². The molecule has 1 saturated heterocycles. The fourth-order valence-corrected chi connectivity index (χ4v) is 3.01. The summed E-state index contributed by atoms with van der Waals surface area (Å²) in [6.07, 6.45) is 3.36. The molecular weight excluding hydrogens is 288 g/mol. The lowest BCUT2D eigenvalue weighted by Gasteiger charge is -2.25. The quantitative estimate of drug-likeness (QED) is 0.927. The third kappa shape index (κ3) is 2.85. The van der Waals surface area contributed by atoms with Gasteiger partial charge < -0.3 is 9.88 Å². The van der Waals surface area contributed by atoms with Gasteiger partial charge in [0.25, 0.3) is 5.91 Å². The first-order chi connectivity index (χ1) is 10.1. The molecule has 0 spiro atoms. The third-order valence-corrected chi connectivity index (χ3v) is 4.00. The van der Waals surface area contributed by atoms with E-state index in [4.69, 9.17) is 11.6 Å². The Morgan fingerprint density at radius 2 is 2.14 bits per heavy atom. The van der Waals surface area contributed by atoms with E-state index in [9.17, 15) is 9.59 Å². The number of amides is 1. The molecular formula is C16H15ClN2O2. The summed E-state index contributed by atoms with van der Waals surface area (Å²) in [5, 5.41) is 0.669. The second-order valence-corrected chi connectivity index (χ2v) is 5.59. The largest absolute Gasteiger partial charge is 0.332 e. The van der Waals surface area contributed by atoms with Crippen molar-refractivity contribution in [2.75, 3.05) is 6.54 Å². The van der Waals surface area contributed by atoms with E-state index < -0.39 is 0 Å². The smallest absolute Gasteiger partial charge is 0.254 e. The average molecular weight is 303 g/mol. The predicted molar refractivity (Wildman–Crippen MR) is 81.5 cm³/mol. The van der Waals surface area contributed by atoms with E-state index in [2.05, 4.69) is 4.98 Å².